The lowest BCUT2D eigenvalue weighted by molar-refractivity contribution is -0.137. The number of fused-ring (bicyclic) bond motifs is 1. The summed E-state index contributed by atoms with van der Waals surface area (Å²) in [7, 11) is 1.74. The number of alkyl halides is 3. The number of amides is 2. The van der Waals surface area contributed by atoms with Crippen LogP contribution in [0.2, 0.25) is 0 Å². The Bertz CT molecular complexity index is 1550. The largest absolute Gasteiger partial charge is 0.416 e. The standard InChI is InChI=1S/C27H22F3N5O2/c1-15-3-4-17(12-20(15)16-5-7-21-18(11-16)14-32-26(31-2)34-21)25(37)33-22-13-19(27(28,29)30)6-8-23(22)35-10-9-24(35)36/h3-8,11-14H,9-10H2,1-2H3,(H,33,37)(H,31,32,34). The van der Waals surface area contributed by atoms with E-state index in [1.807, 2.05) is 25.1 Å². The molecule has 0 radical (unpaired) electrons. The van der Waals surface area contributed by atoms with Crippen LogP contribution in [0.1, 0.15) is 27.9 Å². The summed E-state index contributed by atoms with van der Waals surface area (Å²) in [6, 6.07) is 13.7. The van der Waals surface area contributed by atoms with E-state index in [1.54, 1.807) is 31.4 Å². The van der Waals surface area contributed by atoms with Crippen LogP contribution in [0.4, 0.5) is 30.5 Å². The zero-order valence-corrected chi connectivity index (χ0v) is 20.0. The van der Waals surface area contributed by atoms with Gasteiger partial charge in [0, 0.05) is 37.2 Å². The van der Waals surface area contributed by atoms with Crippen molar-refractivity contribution in [2.24, 2.45) is 0 Å². The fourth-order valence-electron chi connectivity index (χ4n) is 4.21. The zero-order chi connectivity index (χ0) is 26.3. The van der Waals surface area contributed by atoms with Crippen LogP contribution in [0, 0.1) is 6.92 Å². The van der Waals surface area contributed by atoms with Crippen molar-refractivity contribution in [3.8, 4) is 11.1 Å². The van der Waals surface area contributed by atoms with E-state index < -0.39 is 17.6 Å². The van der Waals surface area contributed by atoms with Crippen LogP contribution in [0.3, 0.4) is 0 Å². The average Bonchev–Trinajstić information content (AvgIpc) is 2.87. The Morgan fingerprint density at radius 2 is 1.86 bits per heavy atom. The molecule has 1 aliphatic rings. The average molecular weight is 506 g/mol. The molecule has 1 fully saturated rings. The van der Waals surface area contributed by atoms with Gasteiger partial charge in [-0.25, -0.2) is 9.97 Å². The molecule has 1 saturated heterocycles. The number of aryl methyl sites for hydroxylation is 1. The summed E-state index contributed by atoms with van der Waals surface area (Å²) in [4.78, 5) is 35.2. The van der Waals surface area contributed by atoms with Gasteiger partial charge in [-0.3, -0.25) is 9.59 Å². The van der Waals surface area contributed by atoms with Gasteiger partial charge < -0.3 is 15.5 Å². The van der Waals surface area contributed by atoms with Crippen molar-refractivity contribution in [1.82, 2.24) is 9.97 Å². The van der Waals surface area contributed by atoms with E-state index in [4.69, 9.17) is 0 Å². The minimum absolute atomic E-state index is 0.0711. The maximum atomic E-state index is 13.4. The summed E-state index contributed by atoms with van der Waals surface area (Å²) >= 11 is 0. The molecule has 0 bridgehead atoms. The fraction of sp³-hybridized carbons (Fsp3) is 0.185. The smallest absolute Gasteiger partial charge is 0.357 e. The second-order valence-electron chi connectivity index (χ2n) is 8.73. The summed E-state index contributed by atoms with van der Waals surface area (Å²) in [5.41, 5.74) is 2.81. The molecule has 4 aromatic rings. The number of aromatic nitrogens is 2. The van der Waals surface area contributed by atoms with Gasteiger partial charge in [-0.05, 0) is 66.1 Å². The number of rotatable bonds is 5. The molecule has 0 atom stereocenters. The lowest BCUT2D eigenvalue weighted by atomic mass is 9.96. The summed E-state index contributed by atoms with van der Waals surface area (Å²) in [5.74, 6) is -0.295. The Labute approximate surface area is 210 Å². The molecule has 1 aromatic heterocycles. The highest BCUT2D eigenvalue weighted by Gasteiger charge is 2.34. The van der Waals surface area contributed by atoms with E-state index in [-0.39, 0.29) is 22.8 Å². The number of halogens is 3. The quantitative estimate of drug-likeness (QED) is 0.342. The van der Waals surface area contributed by atoms with Crippen molar-refractivity contribution in [2.45, 2.75) is 19.5 Å². The van der Waals surface area contributed by atoms with Crippen molar-refractivity contribution >= 4 is 40.0 Å². The molecule has 0 aliphatic carbocycles. The normalized spacial score (nSPS) is 13.4. The van der Waals surface area contributed by atoms with Crippen LogP contribution in [0.15, 0.2) is 60.8 Å². The molecule has 5 rings (SSSR count). The van der Waals surface area contributed by atoms with Crippen molar-refractivity contribution in [3.05, 3.63) is 77.5 Å². The first-order valence-corrected chi connectivity index (χ1v) is 11.5. The number of nitrogens with zero attached hydrogens (tertiary/aromatic N) is 3. The summed E-state index contributed by atoms with van der Waals surface area (Å²) in [5, 5.41) is 6.30. The second-order valence-corrected chi connectivity index (χ2v) is 8.73. The minimum atomic E-state index is -4.60. The number of nitrogens with one attached hydrogen (secondary N) is 2. The number of β-lactam (4-membered cyclic amide) rings is 1. The number of benzene rings is 3. The molecule has 10 heteroatoms. The molecule has 0 saturated carbocycles. The van der Waals surface area contributed by atoms with E-state index in [0.717, 1.165) is 39.7 Å². The number of carbonyl (C=O) groups excluding carboxylic acids is 2. The van der Waals surface area contributed by atoms with Crippen LogP contribution < -0.4 is 15.5 Å². The van der Waals surface area contributed by atoms with Crippen LogP contribution in [0.25, 0.3) is 22.0 Å². The summed E-state index contributed by atoms with van der Waals surface area (Å²) in [6.07, 6.45) is -2.58. The molecule has 2 heterocycles. The zero-order valence-electron chi connectivity index (χ0n) is 20.0. The van der Waals surface area contributed by atoms with Gasteiger partial charge in [0.2, 0.25) is 11.9 Å². The number of hydrogen-bond acceptors (Lipinski definition) is 5. The Kier molecular flexibility index (Phi) is 6.02. The van der Waals surface area contributed by atoms with Gasteiger partial charge in [0.25, 0.3) is 5.91 Å². The van der Waals surface area contributed by atoms with Gasteiger partial charge in [0.05, 0.1) is 22.5 Å². The molecule has 0 spiro atoms. The number of anilines is 3. The molecule has 1 aliphatic heterocycles. The molecule has 3 aromatic carbocycles. The maximum absolute atomic E-state index is 13.4. The molecular weight excluding hydrogens is 483 g/mol. The third-order valence-electron chi connectivity index (χ3n) is 6.33. The molecular formula is C27H22F3N5O2. The third kappa shape index (κ3) is 4.69. The maximum Gasteiger partial charge on any atom is 0.416 e. The van der Waals surface area contributed by atoms with E-state index in [9.17, 15) is 22.8 Å². The van der Waals surface area contributed by atoms with Gasteiger partial charge in [-0.15, -0.1) is 0 Å². The van der Waals surface area contributed by atoms with E-state index in [0.29, 0.717) is 18.9 Å². The van der Waals surface area contributed by atoms with Crippen molar-refractivity contribution < 1.29 is 22.8 Å². The van der Waals surface area contributed by atoms with E-state index >= 15 is 0 Å². The number of hydrogen-bond donors (Lipinski definition) is 2. The Morgan fingerprint density at radius 3 is 2.54 bits per heavy atom. The predicted octanol–water partition coefficient (Wildman–Crippen LogP) is 5.65. The monoisotopic (exact) mass is 505 g/mol. The first kappa shape index (κ1) is 24.2. The van der Waals surface area contributed by atoms with Crippen LogP contribution in [0.5, 0.6) is 0 Å². The van der Waals surface area contributed by atoms with Crippen molar-refractivity contribution in [2.75, 3.05) is 29.1 Å². The Balaban J connectivity index is 1.49. The van der Waals surface area contributed by atoms with Crippen molar-refractivity contribution in [1.29, 1.82) is 0 Å². The highest BCUT2D eigenvalue weighted by molar-refractivity contribution is 6.09. The Morgan fingerprint density at radius 1 is 1.05 bits per heavy atom. The topological polar surface area (TPSA) is 87.2 Å². The van der Waals surface area contributed by atoms with Gasteiger partial charge >= 0.3 is 6.18 Å². The first-order valence-electron chi connectivity index (χ1n) is 11.5. The molecule has 2 N–H and O–H groups in total. The first-order chi connectivity index (χ1) is 17.6. The van der Waals surface area contributed by atoms with Crippen LogP contribution in [-0.2, 0) is 11.0 Å². The van der Waals surface area contributed by atoms with Gasteiger partial charge in [-0.2, -0.15) is 13.2 Å². The lowest BCUT2D eigenvalue weighted by Gasteiger charge is -2.32. The minimum Gasteiger partial charge on any atom is -0.357 e. The van der Waals surface area contributed by atoms with Gasteiger partial charge in [-0.1, -0.05) is 12.1 Å². The summed E-state index contributed by atoms with van der Waals surface area (Å²) in [6.45, 7) is 2.28. The Hall–Kier alpha value is -4.47. The fourth-order valence-corrected chi connectivity index (χ4v) is 4.21. The summed E-state index contributed by atoms with van der Waals surface area (Å²) < 4.78 is 40.1. The SMILES string of the molecule is CNc1ncc2cc(-c3cc(C(=O)Nc4cc(C(F)(F)F)ccc4N4CCC4=O)ccc3C)ccc2n1. The van der Waals surface area contributed by atoms with Crippen molar-refractivity contribution in [3.63, 3.8) is 0 Å². The molecule has 0 unspecified atom stereocenters. The second kappa shape index (κ2) is 9.20. The molecule has 7 nitrogen and oxygen atoms in total. The molecule has 2 amide bonds. The van der Waals surface area contributed by atoms with Gasteiger partial charge in [0.1, 0.15) is 0 Å². The molecule has 37 heavy (non-hydrogen) atoms. The lowest BCUT2D eigenvalue weighted by Crippen LogP contribution is -2.43. The highest BCUT2D eigenvalue weighted by atomic mass is 19.4. The third-order valence-corrected chi connectivity index (χ3v) is 6.33. The van der Waals surface area contributed by atoms with Gasteiger partial charge in [0.15, 0.2) is 0 Å². The number of carbonyl (C=O) groups is 2. The predicted molar refractivity (Wildman–Crippen MR) is 136 cm³/mol. The van der Waals surface area contributed by atoms with E-state index in [2.05, 4.69) is 20.6 Å². The van der Waals surface area contributed by atoms with Crippen LogP contribution in [-0.4, -0.2) is 35.4 Å². The highest BCUT2D eigenvalue weighted by Crippen LogP contribution is 2.37. The van der Waals surface area contributed by atoms with Crippen LogP contribution >= 0.6 is 0 Å². The molecule has 188 valence electrons. The van der Waals surface area contributed by atoms with E-state index in [1.165, 1.54) is 11.0 Å².